The van der Waals surface area contributed by atoms with E-state index in [-0.39, 0.29) is 45.2 Å². The summed E-state index contributed by atoms with van der Waals surface area (Å²) in [6.45, 7) is 0.146. The standard InChI is InChI=1S/C15H11N2O.Y/c18-14-10-16-15(11-6-2-1-3-7-11)12-8-4-5-9-13(12)17-14;/h1-6,8-9H,10H2,(H,17,18);/q-1;. The monoisotopic (exact) mass is 324 g/mol. The Morgan fingerprint density at radius 3 is 2.68 bits per heavy atom. The van der Waals surface area contributed by atoms with Crippen LogP contribution >= 0.6 is 0 Å². The van der Waals surface area contributed by atoms with Gasteiger partial charge in [-0.05, 0) is 17.3 Å². The van der Waals surface area contributed by atoms with E-state index in [1.165, 1.54) is 0 Å². The molecule has 91 valence electrons. The third-order valence-corrected chi connectivity index (χ3v) is 2.80. The van der Waals surface area contributed by atoms with Gasteiger partial charge in [0.2, 0.25) is 5.91 Å². The summed E-state index contributed by atoms with van der Waals surface area (Å²) in [5.74, 6) is -0.0895. The molecule has 1 amide bonds. The Hall–Kier alpha value is -1.32. The zero-order valence-electron chi connectivity index (χ0n) is 10.3. The molecule has 1 aliphatic rings. The molecular weight excluding hydrogens is 313 g/mol. The van der Waals surface area contributed by atoms with E-state index in [1.807, 2.05) is 48.5 Å². The molecule has 0 saturated heterocycles. The predicted octanol–water partition coefficient (Wildman–Crippen LogP) is 2.27. The first-order chi connectivity index (χ1) is 8.84. The van der Waals surface area contributed by atoms with Crippen molar-refractivity contribution in [2.45, 2.75) is 0 Å². The number of rotatable bonds is 1. The third kappa shape index (κ3) is 2.99. The van der Waals surface area contributed by atoms with Crippen molar-refractivity contribution >= 4 is 17.3 Å². The van der Waals surface area contributed by atoms with Gasteiger partial charge < -0.3 is 10.3 Å². The maximum Gasteiger partial charge on any atom is 0.245 e. The minimum absolute atomic E-state index is 0. The van der Waals surface area contributed by atoms with Crippen LogP contribution in [0, 0.1) is 6.07 Å². The number of carbonyl (C=O) groups excluding carboxylic acids is 1. The molecule has 0 aromatic heterocycles. The second kappa shape index (κ2) is 6.22. The fraction of sp³-hybridized carbons (Fsp3) is 0.0667. The molecular formula is C15H11N2OY-. The van der Waals surface area contributed by atoms with Gasteiger partial charge in [0.15, 0.2) is 0 Å². The Balaban J connectivity index is 0.00000133. The van der Waals surface area contributed by atoms with E-state index in [4.69, 9.17) is 0 Å². The largest absolute Gasteiger partial charge is 0.325 e. The number of amides is 1. The average molecular weight is 324 g/mol. The molecule has 0 atom stereocenters. The van der Waals surface area contributed by atoms with Crippen LogP contribution in [-0.2, 0) is 37.5 Å². The number of hydrogen-bond donors (Lipinski definition) is 1. The van der Waals surface area contributed by atoms with Crippen molar-refractivity contribution in [1.82, 2.24) is 0 Å². The Labute approximate surface area is 137 Å². The van der Waals surface area contributed by atoms with Gasteiger partial charge in [-0.15, -0.1) is 35.9 Å². The molecule has 19 heavy (non-hydrogen) atoms. The quantitative estimate of drug-likeness (QED) is 0.804. The first-order valence-electron chi connectivity index (χ1n) is 5.75. The van der Waals surface area contributed by atoms with Crippen molar-refractivity contribution in [3.63, 3.8) is 0 Å². The van der Waals surface area contributed by atoms with E-state index in [1.54, 1.807) is 0 Å². The van der Waals surface area contributed by atoms with Gasteiger partial charge in [-0.25, -0.2) is 0 Å². The molecule has 2 aromatic rings. The second-order valence-electron chi connectivity index (χ2n) is 4.03. The van der Waals surface area contributed by atoms with Gasteiger partial charge in [0.1, 0.15) is 6.54 Å². The Morgan fingerprint density at radius 1 is 1.11 bits per heavy atom. The zero-order chi connectivity index (χ0) is 12.4. The minimum Gasteiger partial charge on any atom is -0.325 e. The summed E-state index contributed by atoms with van der Waals surface area (Å²) in [5, 5.41) is 2.85. The molecule has 0 unspecified atom stereocenters. The van der Waals surface area contributed by atoms with Crippen LogP contribution in [-0.4, -0.2) is 18.2 Å². The van der Waals surface area contributed by atoms with E-state index >= 15 is 0 Å². The van der Waals surface area contributed by atoms with E-state index < -0.39 is 0 Å². The Morgan fingerprint density at radius 2 is 1.89 bits per heavy atom. The number of nitrogens with zero attached hydrogens (tertiary/aromatic N) is 1. The molecule has 1 aliphatic heterocycles. The summed E-state index contributed by atoms with van der Waals surface area (Å²) in [4.78, 5) is 16.0. The maximum atomic E-state index is 11.6. The number of para-hydroxylation sites is 1. The van der Waals surface area contributed by atoms with E-state index in [0.29, 0.717) is 0 Å². The van der Waals surface area contributed by atoms with Crippen molar-refractivity contribution in [2.75, 3.05) is 11.9 Å². The van der Waals surface area contributed by atoms with Crippen LogP contribution in [0.3, 0.4) is 0 Å². The van der Waals surface area contributed by atoms with Crippen LogP contribution in [0.25, 0.3) is 0 Å². The molecule has 0 spiro atoms. The van der Waals surface area contributed by atoms with Crippen molar-refractivity contribution < 1.29 is 37.5 Å². The molecule has 1 N–H and O–H groups in total. The number of aliphatic imine (C=N–C) groups is 1. The topological polar surface area (TPSA) is 41.5 Å². The van der Waals surface area contributed by atoms with Gasteiger partial charge >= 0.3 is 0 Å². The summed E-state index contributed by atoms with van der Waals surface area (Å²) < 4.78 is 0. The van der Waals surface area contributed by atoms with Gasteiger partial charge in [-0.1, -0.05) is 18.2 Å². The van der Waals surface area contributed by atoms with Crippen LogP contribution in [0.2, 0.25) is 0 Å². The van der Waals surface area contributed by atoms with Crippen molar-refractivity contribution in [3.05, 3.63) is 65.7 Å². The molecule has 4 heteroatoms. The van der Waals surface area contributed by atoms with E-state index in [2.05, 4.69) is 16.4 Å². The van der Waals surface area contributed by atoms with Gasteiger partial charge in [-0.2, -0.15) is 0 Å². The van der Waals surface area contributed by atoms with Crippen molar-refractivity contribution in [1.29, 1.82) is 0 Å². The average Bonchev–Trinajstić information content (AvgIpc) is 2.58. The van der Waals surface area contributed by atoms with Gasteiger partial charge in [0.05, 0.1) is 0 Å². The number of anilines is 1. The van der Waals surface area contributed by atoms with Crippen LogP contribution in [0.4, 0.5) is 5.69 Å². The van der Waals surface area contributed by atoms with Gasteiger partial charge in [-0.3, -0.25) is 4.79 Å². The third-order valence-electron chi connectivity index (χ3n) is 2.80. The predicted molar refractivity (Wildman–Crippen MR) is 70.9 cm³/mol. The first-order valence-corrected chi connectivity index (χ1v) is 5.75. The van der Waals surface area contributed by atoms with Gasteiger partial charge in [0.25, 0.3) is 0 Å². The summed E-state index contributed by atoms with van der Waals surface area (Å²) in [5.41, 5.74) is 3.45. The van der Waals surface area contributed by atoms with Crippen molar-refractivity contribution in [2.24, 2.45) is 4.99 Å². The molecule has 0 saturated carbocycles. The van der Waals surface area contributed by atoms with Crippen LogP contribution < -0.4 is 5.32 Å². The maximum absolute atomic E-state index is 11.6. The summed E-state index contributed by atoms with van der Waals surface area (Å²) in [7, 11) is 0. The molecule has 0 bridgehead atoms. The Kier molecular flexibility index (Phi) is 4.62. The number of benzodiazepines with no additional fused rings is 1. The van der Waals surface area contributed by atoms with Crippen LogP contribution in [0.5, 0.6) is 0 Å². The second-order valence-corrected chi connectivity index (χ2v) is 4.03. The smallest absolute Gasteiger partial charge is 0.245 e. The molecule has 0 aliphatic carbocycles. The Bertz CT molecular complexity index is 623. The molecule has 3 nitrogen and oxygen atoms in total. The number of fused-ring (bicyclic) bond motifs is 1. The summed E-state index contributed by atoms with van der Waals surface area (Å²) >= 11 is 0. The first kappa shape index (κ1) is 14.1. The molecule has 0 fully saturated rings. The zero-order valence-corrected chi connectivity index (χ0v) is 13.1. The van der Waals surface area contributed by atoms with E-state index in [9.17, 15) is 4.79 Å². The van der Waals surface area contributed by atoms with Gasteiger partial charge in [0, 0.05) is 38.4 Å². The minimum atomic E-state index is -0.0895. The molecule has 1 heterocycles. The fourth-order valence-corrected chi connectivity index (χ4v) is 2.00. The van der Waals surface area contributed by atoms with E-state index in [0.717, 1.165) is 22.5 Å². The summed E-state index contributed by atoms with van der Waals surface area (Å²) in [6, 6.07) is 18.5. The van der Waals surface area contributed by atoms with Crippen molar-refractivity contribution in [3.8, 4) is 0 Å². The number of nitrogens with one attached hydrogen (secondary N) is 1. The molecule has 3 rings (SSSR count). The molecule has 2 aromatic carbocycles. The summed E-state index contributed by atoms with van der Waals surface area (Å²) in [6.07, 6.45) is 0. The number of carbonyl (C=O) groups is 1. The normalized spacial score (nSPS) is 13.5. The van der Waals surface area contributed by atoms with Crippen LogP contribution in [0.15, 0.2) is 53.5 Å². The fourth-order valence-electron chi connectivity index (χ4n) is 2.00. The number of benzene rings is 2. The SMILES string of the molecule is O=C1CN=C(c2[c-]cccc2)c2ccccc2N1.[Y]. The number of hydrogen-bond acceptors (Lipinski definition) is 2. The van der Waals surface area contributed by atoms with Crippen LogP contribution in [0.1, 0.15) is 11.1 Å². The molecule has 1 radical (unpaired) electrons.